The first kappa shape index (κ1) is 15.6. The third-order valence-electron chi connectivity index (χ3n) is 2.71. The fourth-order valence-electron chi connectivity index (χ4n) is 1.94. The second kappa shape index (κ2) is 6.15. The van der Waals surface area contributed by atoms with Gasteiger partial charge in [-0.2, -0.15) is 0 Å². The van der Waals surface area contributed by atoms with Gasteiger partial charge in [0.05, 0.1) is 0 Å². The first-order chi connectivity index (χ1) is 8.25. The van der Waals surface area contributed by atoms with Gasteiger partial charge in [-0.3, -0.25) is 0 Å². The Morgan fingerprint density at radius 3 is 2.39 bits per heavy atom. The van der Waals surface area contributed by atoms with E-state index in [9.17, 15) is 4.79 Å². The average molecular weight is 442 g/mol. The van der Waals surface area contributed by atoms with Crippen LogP contribution in [0.15, 0.2) is 12.1 Å². The number of carbonyl (C=O) groups excluding carboxylic acids is 1. The van der Waals surface area contributed by atoms with Crippen LogP contribution in [-0.4, -0.2) is 31.0 Å². The number of benzene rings is 1. The summed E-state index contributed by atoms with van der Waals surface area (Å²) in [5.74, 6) is 0.538. The van der Waals surface area contributed by atoms with Gasteiger partial charge in [-0.25, -0.2) is 0 Å². The van der Waals surface area contributed by atoms with Crippen molar-refractivity contribution < 1.29 is 9.53 Å². The molecular formula is C15H21O2Po. The summed E-state index contributed by atoms with van der Waals surface area (Å²) in [6, 6.07) is 4.32. The molecule has 0 unspecified atom stereocenters. The van der Waals surface area contributed by atoms with Crippen LogP contribution in [0.5, 0.6) is 5.75 Å². The molecule has 2 nitrogen and oxygen atoms in total. The molecule has 1 radical (unpaired) electrons. The van der Waals surface area contributed by atoms with Crippen molar-refractivity contribution in [3.05, 3.63) is 23.3 Å². The van der Waals surface area contributed by atoms with E-state index in [-0.39, 0.29) is 11.4 Å². The Hall–Kier alpha value is -0.414. The molecular weight excluding hydrogens is 421 g/mol. The van der Waals surface area contributed by atoms with Crippen LogP contribution in [0, 0.1) is 0 Å². The van der Waals surface area contributed by atoms with E-state index in [0.29, 0.717) is 0 Å². The molecule has 0 atom stereocenters. The number of aryl methyl sites for hydroxylation is 1. The fraction of sp³-hybridized carbons (Fsp3) is 0.533. The van der Waals surface area contributed by atoms with Gasteiger partial charge < -0.3 is 0 Å². The molecule has 1 aromatic rings. The Bertz CT molecular complexity index is 445. The molecule has 0 bridgehead atoms. The minimum atomic E-state index is -0.242. The summed E-state index contributed by atoms with van der Waals surface area (Å²) >= 11 is 1.45. The van der Waals surface area contributed by atoms with Gasteiger partial charge in [0.25, 0.3) is 0 Å². The quantitative estimate of drug-likeness (QED) is 0.532. The average Bonchev–Trinajstić information content (AvgIpc) is 2.19. The minimum absolute atomic E-state index is 0.0151. The Morgan fingerprint density at radius 1 is 1.33 bits per heavy atom. The van der Waals surface area contributed by atoms with Crippen LogP contribution in [-0.2, 0) is 16.6 Å². The third kappa shape index (κ3) is 4.06. The third-order valence-corrected chi connectivity index (χ3v) is 3.63. The summed E-state index contributed by atoms with van der Waals surface area (Å²) in [5.41, 5.74) is 2.28. The molecule has 0 N–H and O–H groups in total. The second-order valence-corrected chi connectivity index (χ2v) is 7.39. The zero-order valence-corrected chi connectivity index (χ0v) is 15.0. The summed E-state index contributed by atoms with van der Waals surface area (Å²) < 4.78 is 6.79. The van der Waals surface area contributed by atoms with Crippen LogP contribution in [0.25, 0.3) is 0 Å². The SMILES string of the molecule is CCCc1c[c]([Po])cc(C(C)(C)C)c1OC(C)=O. The van der Waals surface area contributed by atoms with E-state index in [2.05, 4.69) is 39.8 Å². The van der Waals surface area contributed by atoms with E-state index in [0.717, 1.165) is 29.7 Å². The molecule has 0 aliphatic heterocycles. The zero-order valence-electron chi connectivity index (χ0n) is 11.8. The van der Waals surface area contributed by atoms with Crippen molar-refractivity contribution in [2.75, 3.05) is 0 Å². The van der Waals surface area contributed by atoms with Crippen LogP contribution in [0.3, 0.4) is 0 Å². The van der Waals surface area contributed by atoms with Crippen molar-refractivity contribution >= 4 is 34.3 Å². The first-order valence-corrected chi connectivity index (χ1v) is 7.87. The molecule has 0 aromatic heterocycles. The number of hydrogen-bond acceptors (Lipinski definition) is 2. The summed E-state index contributed by atoms with van der Waals surface area (Å²) in [4.78, 5) is 11.3. The van der Waals surface area contributed by atoms with Crippen LogP contribution < -0.4 is 7.96 Å². The van der Waals surface area contributed by atoms with Crippen molar-refractivity contribution in [2.45, 2.75) is 52.9 Å². The molecule has 0 spiro atoms. The van der Waals surface area contributed by atoms with Crippen LogP contribution in [0.2, 0.25) is 0 Å². The predicted octanol–water partition coefficient (Wildman–Crippen LogP) is 2.66. The second-order valence-electron chi connectivity index (χ2n) is 5.55. The standard InChI is InChI=1S/C15H21O2.Po/c1-6-8-12-9-7-10-13(15(3,4)5)14(12)17-11(2)16;/h9-10H,6,8H2,1-5H3;. The molecule has 0 heterocycles. The number of carbonyl (C=O) groups is 1. The van der Waals surface area contributed by atoms with E-state index >= 15 is 0 Å². The van der Waals surface area contributed by atoms with Crippen LogP contribution in [0.1, 0.15) is 52.2 Å². The summed E-state index contributed by atoms with van der Waals surface area (Å²) in [5, 5.41) is 0. The van der Waals surface area contributed by atoms with Gasteiger partial charge in [0.15, 0.2) is 0 Å². The van der Waals surface area contributed by atoms with Gasteiger partial charge in [-0.15, -0.1) is 0 Å². The first-order valence-electron chi connectivity index (χ1n) is 6.28. The van der Waals surface area contributed by atoms with E-state index in [1.807, 2.05) is 0 Å². The molecule has 0 saturated carbocycles. The van der Waals surface area contributed by atoms with Crippen LogP contribution >= 0.6 is 0 Å². The van der Waals surface area contributed by atoms with Crippen molar-refractivity contribution in [3.63, 3.8) is 0 Å². The molecule has 1 aromatic carbocycles. The fourth-order valence-corrected chi connectivity index (χ4v) is 2.95. The Kier molecular flexibility index (Phi) is 5.35. The molecule has 0 aliphatic rings. The molecule has 3 heteroatoms. The monoisotopic (exact) mass is 442 g/mol. The van der Waals surface area contributed by atoms with Gasteiger partial charge in [0.1, 0.15) is 0 Å². The molecule has 0 fully saturated rings. The molecule has 18 heavy (non-hydrogen) atoms. The van der Waals surface area contributed by atoms with Crippen LogP contribution in [0.4, 0.5) is 0 Å². The Morgan fingerprint density at radius 2 is 1.94 bits per heavy atom. The van der Waals surface area contributed by atoms with Gasteiger partial charge in [0.2, 0.25) is 0 Å². The number of rotatable bonds is 3. The molecule has 0 saturated heterocycles. The van der Waals surface area contributed by atoms with Crippen molar-refractivity contribution in [1.29, 1.82) is 0 Å². The maximum absolute atomic E-state index is 11.3. The maximum atomic E-state index is 11.3. The van der Waals surface area contributed by atoms with Gasteiger partial charge in [-0.1, -0.05) is 0 Å². The van der Waals surface area contributed by atoms with Crippen molar-refractivity contribution in [1.82, 2.24) is 0 Å². The van der Waals surface area contributed by atoms with E-state index in [1.54, 1.807) is 0 Å². The molecule has 1 rings (SSSR count). The van der Waals surface area contributed by atoms with Crippen molar-refractivity contribution in [3.8, 4) is 5.75 Å². The molecule has 0 amide bonds. The van der Waals surface area contributed by atoms with Gasteiger partial charge >= 0.3 is 126 Å². The van der Waals surface area contributed by atoms with Gasteiger partial charge in [0, 0.05) is 0 Å². The summed E-state index contributed by atoms with van der Waals surface area (Å²) in [6.45, 7) is 10.1. The summed E-state index contributed by atoms with van der Waals surface area (Å²) in [7, 11) is 0. The van der Waals surface area contributed by atoms with Gasteiger partial charge in [-0.05, 0) is 0 Å². The number of esters is 1. The van der Waals surface area contributed by atoms with E-state index in [4.69, 9.17) is 4.74 Å². The van der Waals surface area contributed by atoms with Crippen molar-refractivity contribution in [2.24, 2.45) is 0 Å². The van der Waals surface area contributed by atoms with E-state index < -0.39 is 0 Å². The topological polar surface area (TPSA) is 26.3 Å². The normalized spacial score (nSPS) is 11.4. The van der Waals surface area contributed by atoms with E-state index in [1.165, 1.54) is 35.2 Å². The Balaban J connectivity index is 3.42. The summed E-state index contributed by atoms with van der Waals surface area (Å²) in [6.07, 6.45) is 2.00. The number of hydrogen-bond donors (Lipinski definition) is 0. The Labute approximate surface area is 125 Å². The molecule has 0 aliphatic carbocycles. The zero-order chi connectivity index (χ0) is 13.9. The number of ether oxygens (including phenoxy) is 1. The molecule has 99 valence electrons. The predicted molar refractivity (Wildman–Crippen MR) is 75.8 cm³/mol.